The number of carbonyl (C=O) groups excluding carboxylic acids is 2. The molecule has 0 saturated heterocycles. The van der Waals surface area contributed by atoms with Crippen molar-refractivity contribution in [2.45, 2.75) is 19.9 Å². The monoisotopic (exact) mass is 539 g/mol. The Hall–Kier alpha value is -3.76. The Morgan fingerprint density at radius 3 is 2.57 bits per heavy atom. The third-order valence-corrected chi connectivity index (χ3v) is 6.65. The first-order valence-electron chi connectivity index (χ1n) is 11.4. The van der Waals surface area contributed by atoms with E-state index in [2.05, 4.69) is 15.4 Å². The molecule has 0 aliphatic carbocycles. The van der Waals surface area contributed by atoms with Gasteiger partial charge < -0.3 is 14.8 Å². The van der Waals surface area contributed by atoms with Crippen molar-refractivity contribution in [2.24, 2.45) is 4.99 Å². The highest BCUT2D eigenvalue weighted by atomic mass is 35.5. The van der Waals surface area contributed by atoms with Crippen molar-refractivity contribution in [2.75, 3.05) is 30.2 Å². The fourth-order valence-corrected chi connectivity index (χ4v) is 4.61. The number of aromatic nitrogens is 2. The van der Waals surface area contributed by atoms with E-state index in [4.69, 9.17) is 21.1 Å². The second-order valence-corrected chi connectivity index (χ2v) is 9.60. The molecule has 37 heavy (non-hydrogen) atoms. The quantitative estimate of drug-likeness (QED) is 0.393. The SMILES string of the molecule is COc1ccc(/C=C2\N=C(SCC(=O)Nc3ccnn3C(C)C)N(c3ccc(Cl)c(OC)c3)C2=O)cc1. The fraction of sp³-hybridized carbons (Fsp3) is 0.231. The van der Waals surface area contributed by atoms with Gasteiger partial charge in [-0.25, -0.2) is 9.67 Å². The lowest BCUT2D eigenvalue weighted by Crippen LogP contribution is -2.31. The van der Waals surface area contributed by atoms with E-state index in [0.29, 0.717) is 33.2 Å². The number of hydrogen-bond acceptors (Lipinski definition) is 7. The fourth-order valence-electron chi connectivity index (χ4n) is 3.60. The Labute approximate surface area is 224 Å². The second-order valence-electron chi connectivity index (χ2n) is 8.25. The second kappa shape index (κ2) is 11.5. The summed E-state index contributed by atoms with van der Waals surface area (Å²) in [6, 6.07) is 14.1. The molecular weight excluding hydrogens is 514 g/mol. The maximum absolute atomic E-state index is 13.5. The lowest BCUT2D eigenvalue weighted by atomic mass is 10.2. The predicted octanol–water partition coefficient (Wildman–Crippen LogP) is 5.25. The minimum absolute atomic E-state index is 0.0342. The van der Waals surface area contributed by atoms with Crippen molar-refractivity contribution in [1.29, 1.82) is 0 Å². The molecule has 0 bridgehead atoms. The van der Waals surface area contributed by atoms with Crippen LogP contribution in [0, 0.1) is 0 Å². The van der Waals surface area contributed by atoms with Crippen molar-refractivity contribution in [3.8, 4) is 11.5 Å². The van der Waals surface area contributed by atoms with E-state index in [9.17, 15) is 9.59 Å². The molecule has 1 aliphatic rings. The van der Waals surface area contributed by atoms with Crippen LogP contribution < -0.4 is 19.7 Å². The third-order valence-electron chi connectivity index (χ3n) is 5.40. The van der Waals surface area contributed by atoms with Gasteiger partial charge in [-0.3, -0.25) is 14.5 Å². The molecule has 0 saturated carbocycles. The minimum atomic E-state index is -0.332. The Morgan fingerprint density at radius 2 is 1.89 bits per heavy atom. The number of rotatable bonds is 8. The molecule has 1 N–H and O–H groups in total. The zero-order valence-corrected chi connectivity index (χ0v) is 22.3. The number of ether oxygens (including phenoxy) is 2. The van der Waals surface area contributed by atoms with Crippen molar-refractivity contribution in [3.05, 3.63) is 71.0 Å². The smallest absolute Gasteiger partial charge is 0.283 e. The van der Waals surface area contributed by atoms with Gasteiger partial charge in [-0.15, -0.1) is 0 Å². The van der Waals surface area contributed by atoms with Gasteiger partial charge in [0.1, 0.15) is 23.0 Å². The summed E-state index contributed by atoms with van der Waals surface area (Å²) in [6.07, 6.45) is 3.32. The number of benzene rings is 2. The van der Waals surface area contributed by atoms with Crippen LogP contribution in [0.2, 0.25) is 5.02 Å². The maximum Gasteiger partial charge on any atom is 0.283 e. The number of thioether (sulfide) groups is 1. The normalized spacial score (nSPS) is 14.3. The molecule has 1 aromatic heterocycles. The zero-order chi connectivity index (χ0) is 26.5. The van der Waals surface area contributed by atoms with E-state index in [0.717, 1.165) is 17.3 Å². The summed E-state index contributed by atoms with van der Waals surface area (Å²) in [5.74, 6) is 1.18. The number of methoxy groups -OCH3 is 2. The molecule has 2 aromatic carbocycles. The van der Waals surface area contributed by atoms with Gasteiger partial charge >= 0.3 is 0 Å². The molecule has 0 radical (unpaired) electrons. The molecule has 0 unspecified atom stereocenters. The van der Waals surface area contributed by atoms with Crippen LogP contribution in [0.15, 0.2) is 65.4 Å². The molecule has 4 rings (SSSR count). The summed E-state index contributed by atoms with van der Waals surface area (Å²) in [4.78, 5) is 32.2. The van der Waals surface area contributed by atoms with Gasteiger partial charge in [0, 0.05) is 18.2 Å². The molecule has 1 aliphatic heterocycles. The standard InChI is InChI=1S/C26H26ClN5O4S/c1-16(2)32-23(11-12-28-32)30-24(33)15-37-26-29-21(13-17-5-8-19(35-3)9-6-17)25(34)31(26)18-7-10-20(27)22(14-18)36-4/h5-14,16H,15H2,1-4H3,(H,30,33)/b21-13-. The molecule has 0 atom stereocenters. The van der Waals surface area contributed by atoms with Crippen molar-refractivity contribution in [3.63, 3.8) is 0 Å². The van der Waals surface area contributed by atoms with Crippen molar-refractivity contribution >= 4 is 57.9 Å². The van der Waals surface area contributed by atoms with Crippen LogP contribution in [0.25, 0.3) is 6.08 Å². The summed E-state index contributed by atoms with van der Waals surface area (Å²) in [5.41, 5.74) is 1.54. The molecule has 9 nitrogen and oxygen atoms in total. The molecule has 2 amide bonds. The van der Waals surface area contributed by atoms with Gasteiger partial charge in [0.25, 0.3) is 5.91 Å². The number of nitrogens with one attached hydrogen (secondary N) is 1. The van der Waals surface area contributed by atoms with E-state index in [1.807, 2.05) is 26.0 Å². The van der Waals surface area contributed by atoms with E-state index in [1.165, 1.54) is 12.0 Å². The molecule has 11 heteroatoms. The Kier molecular flexibility index (Phi) is 8.20. The number of amides is 2. The number of carbonyl (C=O) groups is 2. The third kappa shape index (κ3) is 5.98. The first kappa shape index (κ1) is 26.3. The highest BCUT2D eigenvalue weighted by Crippen LogP contribution is 2.34. The topological polar surface area (TPSA) is 98.0 Å². The van der Waals surface area contributed by atoms with Gasteiger partial charge in [-0.05, 0) is 49.8 Å². The maximum atomic E-state index is 13.5. The van der Waals surface area contributed by atoms with E-state index < -0.39 is 0 Å². The Bertz CT molecular complexity index is 1370. The van der Waals surface area contributed by atoms with Gasteiger partial charge in [0.2, 0.25) is 5.91 Å². The number of amidine groups is 1. The summed E-state index contributed by atoms with van der Waals surface area (Å²) < 4.78 is 12.3. The van der Waals surface area contributed by atoms with Crippen LogP contribution in [0.3, 0.4) is 0 Å². The molecule has 0 spiro atoms. The van der Waals surface area contributed by atoms with Crippen LogP contribution >= 0.6 is 23.4 Å². The average molecular weight is 540 g/mol. The number of aliphatic imine (C=N–C) groups is 1. The highest BCUT2D eigenvalue weighted by molar-refractivity contribution is 8.14. The van der Waals surface area contributed by atoms with Crippen LogP contribution in [0.4, 0.5) is 11.5 Å². The summed E-state index contributed by atoms with van der Waals surface area (Å²) in [7, 11) is 3.09. The van der Waals surface area contributed by atoms with Gasteiger partial charge in [0.15, 0.2) is 5.17 Å². The number of nitrogens with zero attached hydrogens (tertiary/aromatic N) is 4. The van der Waals surface area contributed by atoms with Gasteiger partial charge in [-0.2, -0.15) is 5.10 Å². The van der Waals surface area contributed by atoms with Crippen molar-refractivity contribution in [1.82, 2.24) is 9.78 Å². The average Bonchev–Trinajstić information content (AvgIpc) is 3.48. The molecule has 3 aromatic rings. The van der Waals surface area contributed by atoms with Crippen LogP contribution in [0.1, 0.15) is 25.5 Å². The molecule has 0 fully saturated rings. The Balaban J connectivity index is 1.60. The molecule has 192 valence electrons. The first-order valence-corrected chi connectivity index (χ1v) is 12.8. The molecule has 2 heterocycles. The van der Waals surface area contributed by atoms with Crippen LogP contribution in [-0.4, -0.2) is 46.7 Å². The van der Waals surface area contributed by atoms with E-state index in [1.54, 1.807) is 60.5 Å². The first-order chi connectivity index (χ1) is 17.8. The summed E-state index contributed by atoms with van der Waals surface area (Å²) in [6.45, 7) is 3.95. The zero-order valence-electron chi connectivity index (χ0n) is 20.8. The number of hydrogen-bond donors (Lipinski definition) is 1. The number of anilines is 2. The summed E-state index contributed by atoms with van der Waals surface area (Å²) >= 11 is 7.35. The number of halogens is 1. The predicted molar refractivity (Wildman–Crippen MR) is 148 cm³/mol. The lowest BCUT2D eigenvalue weighted by molar-refractivity contribution is -0.114. The van der Waals surface area contributed by atoms with Crippen LogP contribution in [-0.2, 0) is 9.59 Å². The largest absolute Gasteiger partial charge is 0.497 e. The van der Waals surface area contributed by atoms with E-state index in [-0.39, 0.29) is 29.3 Å². The van der Waals surface area contributed by atoms with Gasteiger partial charge in [0.05, 0.1) is 36.9 Å². The van der Waals surface area contributed by atoms with Gasteiger partial charge in [-0.1, -0.05) is 35.5 Å². The van der Waals surface area contributed by atoms with E-state index >= 15 is 0 Å². The van der Waals surface area contributed by atoms with Crippen molar-refractivity contribution < 1.29 is 19.1 Å². The minimum Gasteiger partial charge on any atom is -0.497 e. The molecular formula is C26H26ClN5O4S. The highest BCUT2D eigenvalue weighted by Gasteiger charge is 2.33. The van der Waals surface area contributed by atoms with Crippen LogP contribution in [0.5, 0.6) is 11.5 Å². The summed E-state index contributed by atoms with van der Waals surface area (Å²) in [5, 5.41) is 7.88. The lowest BCUT2D eigenvalue weighted by Gasteiger charge is -2.19. The Morgan fingerprint density at radius 1 is 1.14 bits per heavy atom.